The van der Waals surface area contributed by atoms with Gasteiger partial charge < -0.3 is 39.6 Å². The molecule has 0 aromatic heterocycles. The van der Waals surface area contributed by atoms with Crippen molar-refractivity contribution in [1.29, 1.82) is 0 Å². The summed E-state index contributed by atoms with van der Waals surface area (Å²) < 4.78 is 23.3. The minimum absolute atomic E-state index is 0.0143. The number of alkyl carbamates (subject to hydrolysis) is 2. The van der Waals surface area contributed by atoms with Crippen molar-refractivity contribution in [3.05, 3.63) is 59.2 Å². The second kappa shape index (κ2) is 16.0. The summed E-state index contributed by atoms with van der Waals surface area (Å²) in [7, 11) is 0. The molecule has 0 radical (unpaired) electrons. The van der Waals surface area contributed by atoms with E-state index in [-0.39, 0.29) is 30.6 Å². The molecular formula is C42H56N4O9. The van der Waals surface area contributed by atoms with E-state index in [1.54, 1.807) is 31.7 Å². The lowest BCUT2D eigenvalue weighted by Gasteiger charge is -2.62. The lowest BCUT2D eigenvalue weighted by atomic mass is 9.49. The number of nitrogens with one attached hydrogen (secondary N) is 2. The lowest BCUT2D eigenvalue weighted by Crippen LogP contribution is -2.76. The maximum absolute atomic E-state index is 13.9. The van der Waals surface area contributed by atoms with Gasteiger partial charge in [-0.25, -0.2) is 14.4 Å². The quantitative estimate of drug-likeness (QED) is 0.195. The Morgan fingerprint density at radius 3 is 2.36 bits per heavy atom. The molecule has 5 aliphatic rings. The van der Waals surface area contributed by atoms with E-state index >= 15 is 0 Å². The third kappa shape index (κ3) is 8.28. The molecule has 3 amide bonds. The highest BCUT2D eigenvalue weighted by Crippen LogP contribution is 2.65. The number of benzene rings is 2. The molecule has 0 unspecified atom stereocenters. The zero-order chi connectivity index (χ0) is 38.8. The predicted molar refractivity (Wildman–Crippen MR) is 203 cm³/mol. The number of amides is 3. The van der Waals surface area contributed by atoms with Crippen molar-refractivity contribution in [1.82, 2.24) is 20.4 Å². The monoisotopic (exact) mass is 760 g/mol. The summed E-state index contributed by atoms with van der Waals surface area (Å²) in [5.74, 6) is 1.32. The Morgan fingerprint density at radius 2 is 1.67 bits per heavy atom. The molecule has 2 saturated carbocycles. The molecule has 1 saturated heterocycles. The van der Waals surface area contributed by atoms with Crippen LogP contribution in [-0.4, -0.2) is 102 Å². The number of nitrogens with zero attached hydrogens (tertiary/aromatic N) is 2. The molecule has 13 heteroatoms. The molecule has 1 spiro atoms. The Labute approximate surface area is 323 Å². The van der Waals surface area contributed by atoms with E-state index in [1.807, 2.05) is 36.4 Å². The minimum atomic E-state index is -1.11. The molecule has 4 atom stereocenters. The van der Waals surface area contributed by atoms with Gasteiger partial charge in [0.1, 0.15) is 12.2 Å². The van der Waals surface area contributed by atoms with E-state index in [0.717, 1.165) is 29.8 Å². The maximum atomic E-state index is 13.9. The van der Waals surface area contributed by atoms with Gasteiger partial charge in [0.25, 0.3) is 0 Å². The third-order valence-electron chi connectivity index (χ3n) is 11.9. The lowest BCUT2D eigenvalue weighted by molar-refractivity contribution is -0.188. The molecule has 2 heterocycles. The van der Waals surface area contributed by atoms with E-state index < -0.39 is 41.0 Å². The van der Waals surface area contributed by atoms with E-state index in [4.69, 9.17) is 18.9 Å². The summed E-state index contributed by atoms with van der Waals surface area (Å²) in [6.45, 7) is 8.85. The molecule has 2 aromatic carbocycles. The first-order chi connectivity index (χ1) is 26.4. The van der Waals surface area contributed by atoms with Crippen molar-refractivity contribution in [2.45, 2.75) is 120 Å². The highest BCUT2D eigenvalue weighted by Gasteiger charge is 2.73. The van der Waals surface area contributed by atoms with E-state index in [0.29, 0.717) is 82.8 Å². The molecule has 3 N–H and O–H groups in total. The molecule has 3 aliphatic carbocycles. The van der Waals surface area contributed by atoms with Crippen molar-refractivity contribution in [2.24, 2.45) is 5.92 Å². The number of likely N-dealkylation sites (tertiary alicyclic amines) is 1. The highest BCUT2D eigenvalue weighted by atomic mass is 16.6. The normalized spacial score (nSPS) is 25.0. The molecule has 7 rings (SSSR count). The van der Waals surface area contributed by atoms with Gasteiger partial charge in [-0.3, -0.25) is 9.69 Å². The van der Waals surface area contributed by atoms with Crippen LogP contribution in [0.5, 0.6) is 11.5 Å². The van der Waals surface area contributed by atoms with Crippen LogP contribution in [0.3, 0.4) is 0 Å². The number of ether oxygens (including phenoxy) is 4. The smallest absolute Gasteiger partial charge is 0.415 e. The van der Waals surface area contributed by atoms with Gasteiger partial charge in [-0.05, 0) is 108 Å². The Bertz CT molecular complexity index is 1740. The van der Waals surface area contributed by atoms with E-state index in [1.165, 1.54) is 12.8 Å². The van der Waals surface area contributed by atoms with Gasteiger partial charge in [-0.2, -0.15) is 0 Å². The first-order valence-electron chi connectivity index (χ1n) is 20.1. The maximum Gasteiger partial charge on any atom is 0.415 e. The minimum Gasteiger partial charge on any atom is -0.477 e. The SMILES string of the molecule is CC(C)(C)OC(=O)NCCCCN(CCCCNC(=O)OCc1ccccc1)C(=O)Oc1ccc2c3c1O[C@H]1C(=O)CC[C@@]4(O)[C@@H](C2)N(CC2CC2)CC[C@]314. The number of Topliss-reactive ketones (excluding diaryl/α,β-unsaturated/α-hetero) is 1. The zero-order valence-corrected chi connectivity index (χ0v) is 32.4. The van der Waals surface area contributed by atoms with E-state index in [9.17, 15) is 24.3 Å². The average molecular weight is 761 g/mol. The van der Waals surface area contributed by atoms with Crippen molar-refractivity contribution >= 4 is 24.1 Å². The van der Waals surface area contributed by atoms with Crippen LogP contribution >= 0.6 is 0 Å². The fourth-order valence-corrected chi connectivity index (χ4v) is 9.11. The molecular weight excluding hydrogens is 704 g/mol. The van der Waals surface area contributed by atoms with Gasteiger partial charge in [0.15, 0.2) is 23.4 Å². The Balaban J connectivity index is 1.01. The number of unbranched alkanes of at least 4 members (excludes halogenated alkanes) is 2. The first-order valence-corrected chi connectivity index (χ1v) is 20.1. The summed E-state index contributed by atoms with van der Waals surface area (Å²) in [5.41, 5.74) is 0.208. The number of aliphatic hydroxyl groups is 1. The van der Waals surface area contributed by atoms with Gasteiger partial charge in [0.2, 0.25) is 0 Å². The van der Waals surface area contributed by atoms with Crippen molar-refractivity contribution in [3.8, 4) is 11.5 Å². The number of hydrogen-bond acceptors (Lipinski definition) is 10. The number of carbonyl (C=O) groups is 4. The summed E-state index contributed by atoms with van der Waals surface area (Å²) in [4.78, 5) is 55.9. The Morgan fingerprint density at radius 1 is 0.964 bits per heavy atom. The first kappa shape index (κ1) is 38.9. The predicted octanol–water partition coefficient (Wildman–Crippen LogP) is 5.63. The van der Waals surface area contributed by atoms with Crippen molar-refractivity contribution in [3.63, 3.8) is 0 Å². The Hall–Kier alpha value is -4.36. The fraction of sp³-hybridized carbons (Fsp3) is 0.619. The number of hydrogen-bond donors (Lipinski definition) is 3. The topological polar surface area (TPSA) is 156 Å². The molecule has 2 aromatic rings. The zero-order valence-electron chi connectivity index (χ0n) is 32.4. The summed E-state index contributed by atoms with van der Waals surface area (Å²) >= 11 is 0. The molecule has 55 heavy (non-hydrogen) atoms. The number of rotatable bonds is 15. The summed E-state index contributed by atoms with van der Waals surface area (Å²) in [6, 6.07) is 13.1. The average Bonchev–Trinajstić information content (AvgIpc) is 3.89. The van der Waals surface area contributed by atoms with Crippen molar-refractivity contribution < 1.29 is 43.2 Å². The highest BCUT2D eigenvalue weighted by molar-refractivity contribution is 5.90. The molecule has 2 aliphatic heterocycles. The second-order valence-electron chi connectivity index (χ2n) is 16.9. The number of carbonyl (C=O) groups excluding carboxylic acids is 4. The summed E-state index contributed by atoms with van der Waals surface area (Å²) in [6.07, 6.45) is 4.39. The van der Waals surface area contributed by atoms with Crippen molar-refractivity contribution in [2.75, 3.05) is 39.3 Å². The standard InChI is InChI=1S/C42H56N4O9/c1-40(2,3)55-38(49)44-21-8-10-23-45(22-9-7-20-43-37(48)52-27-29-11-5-4-6-12-29)39(50)53-32-16-15-30-25-33-42(51)18-17-31(47)36-41(42,34(30)35(32)54-36)19-24-46(33)26-28-13-14-28/h4-6,11-12,15-16,28,33,36,51H,7-10,13-14,17-27H2,1-3H3,(H,43,48)(H,44,49)/t33-,36+,41+,42-/m1/s1. The largest absolute Gasteiger partial charge is 0.477 e. The number of piperidine rings is 1. The van der Waals surface area contributed by atoms with E-state index in [2.05, 4.69) is 15.5 Å². The molecule has 3 fully saturated rings. The molecule has 298 valence electrons. The molecule has 13 nitrogen and oxygen atoms in total. The van der Waals surface area contributed by atoms with Crippen LogP contribution in [0.25, 0.3) is 0 Å². The Kier molecular flexibility index (Phi) is 11.3. The van der Waals surface area contributed by atoms with Gasteiger partial charge in [0.05, 0.1) is 11.0 Å². The van der Waals surface area contributed by atoms with Crippen LogP contribution in [0.1, 0.15) is 95.2 Å². The summed E-state index contributed by atoms with van der Waals surface area (Å²) in [5, 5.41) is 18.2. The van der Waals surface area contributed by atoms with Crippen LogP contribution in [-0.2, 0) is 32.7 Å². The van der Waals surface area contributed by atoms with Crippen LogP contribution in [0, 0.1) is 5.92 Å². The third-order valence-corrected chi connectivity index (χ3v) is 11.9. The second-order valence-corrected chi connectivity index (χ2v) is 16.9. The van der Waals surface area contributed by atoms with Gasteiger partial charge in [0, 0.05) is 50.7 Å². The van der Waals surface area contributed by atoms with Gasteiger partial charge in [-0.15, -0.1) is 0 Å². The van der Waals surface area contributed by atoms with Crippen LogP contribution in [0.2, 0.25) is 0 Å². The van der Waals surface area contributed by atoms with Crippen LogP contribution < -0.4 is 20.1 Å². The van der Waals surface area contributed by atoms with Gasteiger partial charge >= 0.3 is 18.3 Å². The van der Waals surface area contributed by atoms with Crippen LogP contribution in [0.4, 0.5) is 14.4 Å². The fourth-order valence-electron chi connectivity index (χ4n) is 9.11. The molecule has 2 bridgehead atoms. The van der Waals surface area contributed by atoms with Gasteiger partial charge in [-0.1, -0.05) is 36.4 Å². The number of ketones is 1. The van der Waals surface area contributed by atoms with Crippen LogP contribution in [0.15, 0.2) is 42.5 Å².